The van der Waals surface area contributed by atoms with Crippen molar-refractivity contribution in [3.8, 4) is 11.8 Å². The van der Waals surface area contributed by atoms with Gasteiger partial charge in [0.2, 0.25) is 0 Å². The molecule has 22 heavy (non-hydrogen) atoms. The van der Waals surface area contributed by atoms with Crippen LogP contribution in [-0.4, -0.2) is 35.5 Å². The largest absolute Gasteiger partial charge is 0.475 e. The molecule has 2 aromatic rings. The second-order valence-corrected chi connectivity index (χ2v) is 4.24. The molecule has 10 heteroatoms. The highest BCUT2D eigenvalue weighted by molar-refractivity contribution is 5.65. The number of aromatic nitrogens is 2. The highest BCUT2D eigenvalue weighted by Crippen LogP contribution is 2.24. The molecule has 3 N–H and O–H groups in total. The molecule has 0 radical (unpaired) electrons. The van der Waals surface area contributed by atoms with Crippen molar-refractivity contribution in [3.05, 3.63) is 28.3 Å². The summed E-state index contributed by atoms with van der Waals surface area (Å²) in [6.45, 7) is 0.963. The Hall–Kier alpha value is -3.04. The fourth-order valence-electron chi connectivity index (χ4n) is 1.69. The van der Waals surface area contributed by atoms with Crippen molar-refractivity contribution in [3.63, 3.8) is 0 Å². The van der Waals surface area contributed by atoms with Crippen molar-refractivity contribution in [2.45, 2.75) is 6.42 Å². The maximum atomic E-state index is 10.7. The third-order valence-corrected chi connectivity index (χ3v) is 2.74. The Kier molecular flexibility index (Phi) is 4.96. The molecule has 0 aliphatic carbocycles. The summed E-state index contributed by atoms with van der Waals surface area (Å²) >= 11 is 0. The van der Waals surface area contributed by atoms with Crippen LogP contribution in [0, 0.1) is 10.1 Å². The molecule has 0 saturated carbocycles. The van der Waals surface area contributed by atoms with Gasteiger partial charge in [0, 0.05) is 18.3 Å². The molecule has 1 aromatic heterocycles. The van der Waals surface area contributed by atoms with Crippen molar-refractivity contribution < 1.29 is 19.0 Å². The Morgan fingerprint density at radius 1 is 1.41 bits per heavy atom. The first-order valence-corrected chi connectivity index (χ1v) is 6.39. The van der Waals surface area contributed by atoms with Crippen LogP contribution in [0.15, 0.2) is 22.8 Å². The standard InChI is InChI=1S/C12H15N5O5/c1-20-11-12(16-22-15-11)21-6-2-5-14-8-3-4-10(17(18)19)9(13)7-8/h3-4,7,14H,2,5-6,13H2,1H3. The topological polar surface area (TPSA) is 139 Å². The van der Waals surface area contributed by atoms with Crippen LogP contribution in [0.1, 0.15) is 6.42 Å². The van der Waals surface area contributed by atoms with E-state index in [-0.39, 0.29) is 23.1 Å². The summed E-state index contributed by atoms with van der Waals surface area (Å²) in [4.78, 5) is 10.1. The zero-order valence-corrected chi connectivity index (χ0v) is 11.8. The number of ether oxygens (including phenoxy) is 2. The lowest BCUT2D eigenvalue weighted by Crippen LogP contribution is -2.08. The van der Waals surface area contributed by atoms with Crippen LogP contribution in [0.4, 0.5) is 17.1 Å². The first-order chi connectivity index (χ1) is 10.6. The van der Waals surface area contributed by atoms with E-state index < -0.39 is 4.92 Å². The van der Waals surface area contributed by atoms with Crippen molar-refractivity contribution >= 4 is 17.1 Å². The minimum absolute atomic E-state index is 0.112. The minimum Gasteiger partial charge on any atom is -0.475 e. The van der Waals surface area contributed by atoms with Gasteiger partial charge in [-0.05, 0) is 28.9 Å². The zero-order valence-electron chi connectivity index (χ0n) is 11.8. The predicted molar refractivity (Wildman–Crippen MR) is 77.0 cm³/mol. The smallest absolute Gasteiger partial charge is 0.320 e. The Balaban J connectivity index is 1.75. The van der Waals surface area contributed by atoms with E-state index in [1.54, 1.807) is 6.07 Å². The third kappa shape index (κ3) is 3.75. The molecular weight excluding hydrogens is 294 g/mol. The van der Waals surface area contributed by atoms with E-state index in [4.69, 9.17) is 15.2 Å². The number of hydrogen-bond donors (Lipinski definition) is 2. The van der Waals surface area contributed by atoms with E-state index in [2.05, 4.69) is 20.3 Å². The molecular formula is C12H15N5O5. The normalized spacial score (nSPS) is 10.2. The van der Waals surface area contributed by atoms with E-state index in [0.717, 1.165) is 0 Å². The maximum absolute atomic E-state index is 10.7. The van der Waals surface area contributed by atoms with Crippen molar-refractivity contribution in [2.24, 2.45) is 0 Å². The van der Waals surface area contributed by atoms with Gasteiger partial charge in [-0.3, -0.25) is 10.1 Å². The summed E-state index contributed by atoms with van der Waals surface area (Å²) in [5.41, 5.74) is 6.30. The summed E-state index contributed by atoms with van der Waals surface area (Å²) in [7, 11) is 1.44. The van der Waals surface area contributed by atoms with Crippen LogP contribution in [-0.2, 0) is 0 Å². The quantitative estimate of drug-likeness (QED) is 0.321. The third-order valence-electron chi connectivity index (χ3n) is 2.74. The van der Waals surface area contributed by atoms with Gasteiger partial charge in [-0.25, -0.2) is 4.63 Å². The molecule has 0 amide bonds. The average molecular weight is 309 g/mol. The number of nitrogens with zero attached hydrogens (tertiary/aromatic N) is 3. The van der Waals surface area contributed by atoms with Crippen molar-refractivity contribution in [2.75, 3.05) is 31.3 Å². The second-order valence-electron chi connectivity index (χ2n) is 4.24. The van der Waals surface area contributed by atoms with Gasteiger partial charge < -0.3 is 20.5 Å². The molecule has 10 nitrogen and oxygen atoms in total. The SMILES string of the molecule is COc1nonc1OCCCNc1ccc([N+](=O)[O-])c(N)c1. The van der Waals surface area contributed by atoms with Crippen LogP contribution >= 0.6 is 0 Å². The first kappa shape index (κ1) is 15.4. The summed E-state index contributed by atoms with van der Waals surface area (Å²) in [6, 6.07) is 4.48. The van der Waals surface area contributed by atoms with Gasteiger partial charge in [0.1, 0.15) is 5.69 Å². The predicted octanol–water partition coefficient (Wildman–Crippen LogP) is 1.45. The Bertz CT molecular complexity index is 645. The summed E-state index contributed by atoms with van der Waals surface area (Å²) < 4.78 is 14.7. The fraction of sp³-hybridized carbons (Fsp3) is 0.333. The van der Waals surface area contributed by atoms with Crippen LogP contribution < -0.4 is 20.5 Å². The number of nitro benzene ring substituents is 1. The molecule has 0 aliphatic rings. The van der Waals surface area contributed by atoms with Crippen LogP contribution in [0.5, 0.6) is 11.8 Å². The first-order valence-electron chi connectivity index (χ1n) is 6.39. The lowest BCUT2D eigenvalue weighted by molar-refractivity contribution is -0.383. The summed E-state index contributed by atoms with van der Waals surface area (Å²) in [6.07, 6.45) is 0.660. The summed E-state index contributed by atoms with van der Waals surface area (Å²) in [5.74, 6) is 0.387. The molecule has 0 fully saturated rings. The Labute approximate surface area is 125 Å². The fourth-order valence-corrected chi connectivity index (χ4v) is 1.69. The molecule has 1 heterocycles. The number of anilines is 2. The molecule has 118 valence electrons. The number of hydrogen-bond acceptors (Lipinski definition) is 9. The molecule has 0 unspecified atom stereocenters. The number of benzene rings is 1. The van der Waals surface area contributed by atoms with Gasteiger partial charge in [-0.2, -0.15) is 0 Å². The molecule has 0 aliphatic heterocycles. The molecule has 2 rings (SSSR count). The van der Waals surface area contributed by atoms with Gasteiger partial charge in [-0.1, -0.05) is 0 Å². The number of nitro groups is 1. The lowest BCUT2D eigenvalue weighted by atomic mass is 10.2. The lowest BCUT2D eigenvalue weighted by Gasteiger charge is -2.07. The molecule has 1 aromatic carbocycles. The van der Waals surface area contributed by atoms with Crippen LogP contribution in [0.3, 0.4) is 0 Å². The number of rotatable bonds is 8. The second kappa shape index (κ2) is 7.11. The molecule has 0 atom stereocenters. The highest BCUT2D eigenvalue weighted by Gasteiger charge is 2.12. The van der Waals surface area contributed by atoms with E-state index in [0.29, 0.717) is 25.3 Å². The number of methoxy groups -OCH3 is 1. The number of nitrogens with two attached hydrogens (primary N) is 1. The van der Waals surface area contributed by atoms with Gasteiger partial charge in [0.15, 0.2) is 0 Å². The molecule has 0 saturated heterocycles. The van der Waals surface area contributed by atoms with Gasteiger partial charge >= 0.3 is 11.8 Å². The van der Waals surface area contributed by atoms with Gasteiger partial charge in [-0.15, -0.1) is 0 Å². The van der Waals surface area contributed by atoms with Crippen molar-refractivity contribution in [1.82, 2.24) is 10.3 Å². The van der Waals surface area contributed by atoms with E-state index in [9.17, 15) is 10.1 Å². The molecule has 0 spiro atoms. The van der Waals surface area contributed by atoms with Gasteiger partial charge in [0.05, 0.1) is 18.6 Å². The Morgan fingerprint density at radius 3 is 2.86 bits per heavy atom. The van der Waals surface area contributed by atoms with Crippen molar-refractivity contribution in [1.29, 1.82) is 0 Å². The highest BCUT2D eigenvalue weighted by atomic mass is 16.6. The monoisotopic (exact) mass is 309 g/mol. The molecule has 0 bridgehead atoms. The van der Waals surface area contributed by atoms with Gasteiger partial charge in [0.25, 0.3) is 5.69 Å². The number of nitrogens with one attached hydrogen (secondary N) is 1. The maximum Gasteiger partial charge on any atom is 0.320 e. The summed E-state index contributed by atoms with van der Waals surface area (Å²) in [5, 5.41) is 20.8. The average Bonchev–Trinajstić information content (AvgIpc) is 2.94. The van der Waals surface area contributed by atoms with E-state index in [1.807, 2.05) is 0 Å². The van der Waals surface area contributed by atoms with E-state index >= 15 is 0 Å². The number of nitrogen functional groups attached to an aromatic ring is 1. The zero-order chi connectivity index (χ0) is 15.9. The van der Waals surface area contributed by atoms with Crippen LogP contribution in [0.2, 0.25) is 0 Å². The van der Waals surface area contributed by atoms with Crippen LogP contribution in [0.25, 0.3) is 0 Å². The van der Waals surface area contributed by atoms with E-state index in [1.165, 1.54) is 19.2 Å². The minimum atomic E-state index is -0.522. The Morgan fingerprint density at radius 2 is 2.18 bits per heavy atom.